The van der Waals surface area contributed by atoms with E-state index in [4.69, 9.17) is 5.26 Å². The van der Waals surface area contributed by atoms with Gasteiger partial charge in [0.1, 0.15) is 11.8 Å². The third kappa shape index (κ3) is 3.21. The lowest BCUT2D eigenvalue weighted by Gasteiger charge is -2.31. The van der Waals surface area contributed by atoms with Crippen LogP contribution >= 0.6 is 0 Å². The number of aryl methyl sites for hydroxylation is 2. The Morgan fingerprint density at radius 1 is 1.39 bits per heavy atom. The molecule has 0 fully saturated rings. The molecule has 1 aliphatic rings. The van der Waals surface area contributed by atoms with Crippen molar-refractivity contribution < 1.29 is 4.79 Å². The molecule has 118 valence electrons. The summed E-state index contributed by atoms with van der Waals surface area (Å²) >= 11 is 0. The van der Waals surface area contributed by atoms with E-state index in [9.17, 15) is 4.79 Å². The van der Waals surface area contributed by atoms with E-state index in [2.05, 4.69) is 40.6 Å². The van der Waals surface area contributed by atoms with Gasteiger partial charge in [0.05, 0.1) is 5.56 Å². The second-order valence-electron chi connectivity index (χ2n) is 5.81. The molecular weight excluding hydrogens is 288 g/mol. The Morgan fingerprint density at radius 3 is 3.00 bits per heavy atom. The smallest absolute Gasteiger partial charge is 0.268 e. The Morgan fingerprint density at radius 2 is 2.22 bits per heavy atom. The number of anilines is 1. The van der Waals surface area contributed by atoms with Gasteiger partial charge in [-0.05, 0) is 30.5 Å². The molecule has 0 saturated heterocycles. The second-order valence-corrected chi connectivity index (χ2v) is 5.81. The Kier molecular flexibility index (Phi) is 4.33. The van der Waals surface area contributed by atoms with Crippen molar-refractivity contribution in [1.29, 1.82) is 5.26 Å². The fourth-order valence-electron chi connectivity index (χ4n) is 3.09. The molecular formula is C18H20N4O. The van der Waals surface area contributed by atoms with Crippen LogP contribution in [0.2, 0.25) is 0 Å². The quantitative estimate of drug-likeness (QED) is 0.940. The van der Waals surface area contributed by atoms with Gasteiger partial charge >= 0.3 is 0 Å². The molecule has 1 aromatic heterocycles. The first-order chi connectivity index (χ1) is 11.2. The summed E-state index contributed by atoms with van der Waals surface area (Å²) in [5.41, 5.74) is 3.67. The van der Waals surface area contributed by atoms with E-state index in [1.807, 2.05) is 0 Å². The van der Waals surface area contributed by atoms with Gasteiger partial charge in [-0.25, -0.2) is 0 Å². The molecule has 1 aromatic carbocycles. The highest BCUT2D eigenvalue weighted by atomic mass is 16.1. The molecule has 3 rings (SSSR count). The van der Waals surface area contributed by atoms with Crippen LogP contribution in [0.1, 0.15) is 28.0 Å². The molecule has 0 unspecified atom stereocenters. The summed E-state index contributed by atoms with van der Waals surface area (Å²) in [4.78, 5) is 14.5. The van der Waals surface area contributed by atoms with Gasteiger partial charge in [0.25, 0.3) is 5.91 Å². The number of amides is 1. The fraction of sp³-hybridized carbons (Fsp3) is 0.333. The molecule has 1 aliphatic heterocycles. The zero-order valence-electron chi connectivity index (χ0n) is 13.2. The molecule has 0 aliphatic carbocycles. The minimum Gasteiger partial charge on any atom is -0.370 e. The summed E-state index contributed by atoms with van der Waals surface area (Å²) in [6.45, 7) is 2.40. The summed E-state index contributed by atoms with van der Waals surface area (Å²) < 4.78 is 1.68. The van der Waals surface area contributed by atoms with Gasteiger partial charge in [-0.1, -0.05) is 18.2 Å². The van der Waals surface area contributed by atoms with Crippen LogP contribution in [-0.2, 0) is 13.5 Å². The number of benzene rings is 1. The zero-order chi connectivity index (χ0) is 16.2. The number of hydrogen-bond donors (Lipinski definition) is 1. The van der Waals surface area contributed by atoms with Crippen molar-refractivity contribution in [3.05, 3.63) is 53.3 Å². The Bertz CT molecular complexity index is 757. The Labute approximate surface area is 136 Å². The van der Waals surface area contributed by atoms with Crippen molar-refractivity contribution in [1.82, 2.24) is 9.88 Å². The molecule has 5 heteroatoms. The molecule has 0 atom stereocenters. The normalized spacial score (nSPS) is 13.3. The predicted octanol–water partition coefficient (Wildman–Crippen LogP) is 2.08. The number of rotatable bonds is 4. The first-order valence-corrected chi connectivity index (χ1v) is 7.86. The lowest BCUT2D eigenvalue weighted by molar-refractivity contribution is 0.0946. The van der Waals surface area contributed by atoms with Crippen LogP contribution in [0.15, 0.2) is 36.5 Å². The minimum absolute atomic E-state index is 0.140. The van der Waals surface area contributed by atoms with Crippen molar-refractivity contribution in [2.75, 3.05) is 24.5 Å². The highest BCUT2D eigenvalue weighted by molar-refractivity contribution is 5.93. The second kappa shape index (κ2) is 6.57. The number of fused-ring (bicyclic) bond motifs is 1. The molecule has 23 heavy (non-hydrogen) atoms. The molecule has 1 amide bonds. The van der Waals surface area contributed by atoms with Gasteiger partial charge in [0, 0.05) is 38.6 Å². The van der Waals surface area contributed by atoms with Crippen LogP contribution in [0.4, 0.5) is 5.69 Å². The van der Waals surface area contributed by atoms with Crippen molar-refractivity contribution in [2.24, 2.45) is 7.05 Å². The monoisotopic (exact) mass is 308 g/mol. The maximum atomic E-state index is 12.2. The van der Waals surface area contributed by atoms with Crippen LogP contribution in [0, 0.1) is 11.3 Å². The van der Waals surface area contributed by atoms with Crippen LogP contribution < -0.4 is 10.2 Å². The highest BCUT2D eigenvalue weighted by Gasteiger charge is 2.16. The standard InChI is InChI=1S/C18H20N4O/c1-21-13-14(12-19)11-17(21)18(23)20-8-10-22-9-4-6-15-5-2-3-7-16(15)22/h2-3,5,7,11,13H,4,6,8-10H2,1H3,(H,20,23). The zero-order valence-corrected chi connectivity index (χ0v) is 13.2. The van der Waals surface area contributed by atoms with E-state index in [0.717, 1.165) is 25.9 Å². The van der Waals surface area contributed by atoms with E-state index in [-0.39, 0.29) is 5.91 Å². The summed E-state index contributed by atoms with van der Waals surface area (Å²) in [5.74, 6) is -0.140. The number of hydrogen-bond acceptors (Lipinski definition) is 3. The molecule has 2 aromatic rings. The van der Waals surface area contributed by atoms with Crippen LogP contribution in [0.3, 0.4) is 0 Å². The van der Waals surface area contributed by atoms with Gasteiger partial charge in [-0.15, -0.1) is 0 Å². The summed E-state index contributed by atoms with van der Waals surface area (Å²) in [7, 11) is 1.77. The van der Waals surface area contributed by atoms with Gasteiger partial charge < -0.3 is 14.8 Å². The average Bonchev–Trinajstić information content (AvgIpc) is 2.96. The van der Waals surface area contributed by atoms with Crippen molar-refractivity contribution >= 4 is 11.6 Å². The Hall–Kier alpha value is -2.74. The van der Waals surface area contributed by atoms with Crippen molar-refractivity contribution in [2.45, 2.75) is 12.8 Å². The van der Waals surface area contributed by atoms with E-state index in [1.165, 1.54) is 11.3 Å². The molecule has 0 saturated carbocycles. The summed E-state index contributed by atoms with van der Waals surface area (Å²) in [5, 5.41) is 11.8. The SMILES string of the molecule is Cn1cc(C#N)cc1C(=O)NCCN1CCCc2ccccc21. The minimum atomic E-state index is -0.140. The maximum Gasteiger partial charge on any atom is 0.268 e. The number of nitrogens with one attached hydrogen (secondary N) is 1. The number of aromatic nitrogens is 1. The van der Waals surface area contributed by atoms with E-state index < -0.39 is 0 Å². The van der Waals surface area contributed by atoms with E-state index in [0.29, 0.717) is 17.8 Å². The average molecular weight is 308 g/mol. The van der Waals surface area contributed by atoms with Crippen LogP contribution in [0.5, 0.6) is 0 Å². The number of nitriles is 1. The van der Waals surface area contributed by atoms with E-state index in [1.54, 1.807) is 23.9 Å². The molecule has 2 heterocycles. The predicted molar refractivity (Wildman–Crippen MR) is 89.4 cm³/mol. The molecule has 0 bridgehead atoms. The fourth-order valence-corrected chi connectivity index (χ4v) is 3.09. The van der Waals surface area contributed by atoms with Crippen LogP contribution in [0.25, 0.3) is 0 Å². The topological polar surface area (TPSA) is 61.1 Å². The van der Waals surface area contributed by atoms with Crippen molar-refractivity contribution in [3.63, 3.8) is 0 Å². The third-order valence-electron chi connectivity index (χ3n) is 4.24. The third-order valence-corrected chi connectivity index (χ3v) is 4.24. The molecule has 1 N–H and O–H groups in total. The van der Waals surface area contributed by atoms with Gasteiger partial charge in [0.15, 0.2) is 0 Å². The summed E-state index contributed by atoms with van der Waals surface area (Å²) in [6, 6.07) is 12.1. The number of carbonyl (C=O) groups is 1. The number of nitrogens with zero attached hydrogens (tertiary/aromatic N) is 3. The first kappa shape index (κ1) is 15.2. The first-order valence-electron chi connectivity index (χ1n) is 7.86. The lowest BCUT2D eigenvalue weighted by atomic mass is 10.0. The Balaban J connectivity index is 1.59. The van der Waals surface area contributed by atoms with Gasteiger partial charge in [0.2, 0.25) is 0 Å². The van der Waals surface area contributed by atoms with Gasteiger partial charge in [-0.3, -0.25) is 4.79 Å². The lowest BCUT2D eigenvalue weighted by Crippen LogP contribution is -2.38. The highest BCUT2D eigenvalue weighted by Crippen LogP contribution is 2.25. The number of carbonyl (C=O) groups excluding carboxylic acids is 1. The van der Waals surface area contributed by atoms with Gasteiger partial charge in [-0.2, -0.15) is 5.26 Å². The van der Waals surface area contributed by atoms with E-state index >= 15 is 0 Å². The molecule has 0 spiro atoms. The largest absolute Gasteiger partial charge is 0.370 e. The van der Waals surface area contributed by atoms with Crippen molar-refractivity contribution in [3.8, 4) is 6.07 Å². The molecule has 0 radical (unpaired) electrons. The number of para-hydroxylation sites is 1. The molecule has 5 nitrogen and oxygen atoms in total. The summed E-state index contributed by atoms with van der Waals surface area (Å²) in [6.07, 6.45) is 3.93. The maximum absolute atomic E-state index is 12.2. The van der Waals surface area contributed by atoms with Crippen LogP contribution in [-0.4, -0.2) is 30.1 Å².